The summed E-state index contributed by atoms with van der Waals surface area (Å²) in [5.41, 5.74) is 0.482. The molecule has 4 nitrogen and oxygen atoms in total. The molecule has 1 atom stereocenters. The second-order valence-electron chi connectivity index (χ2n) is 3.69. The van der Waals surface area contributed by atoms with Crippen LogP contribution in [0, 0.1) is 5.82 Å². The van der Waals surface area contributed by atoms with Gasteiger partial charge in [-0.3, -0.25) is 4.68 Å². The van der Waals surface area contributed by atoms with E-state index in [1.54, 1.807) is 11.7 Å². The number of rotatable bonds is 3. The number of hydrogen-bond acceptors (Lipinski definition) is 3. The van der Waals surface area contributed by atoms with Gasteiger partial charge in [-0.05, 0) is 17.7 Å². The standard InChI is InChI=1S/C11H11ClFN3O/c1-16-11(14-6-15-16)5-10(17)8-3-2-7(13)4-9(8)12/h2-4,6,10,17H,5H2,1H3. The Kier molecular flexibility index (Phi) is 3.40. The second-order valence-corrected chi connectivity index (χ2v) is 4.09. The van der Waals surface area contributed by atoms with Crippen molar-refractivity contribution >= 4 is 11.6 Å². The van der Waals surface area contributed by atoms with Crippen molar-refractivity contribution in [3.63, 3.8) is 0 Å². The van der Waals surface area contributed by atoms with Gasteiger partial charge in [-0.1, -0.05) is 17.7 Å². The Morgan fingerprint density at radius 2 is 2.29 bits per heavy atom. The topological polar surface area (TPSA) is 50.9 Å². The average molecular weight is 256 g/mol. The molecule has 0 saturated carbocycles. The first-order chi connectivity index (χ1) is 8.08. The van der Waals surface area contributed by atoms with E-state index >= 15 is 0 Å². The van der Waals surface area contributed by atoms with Crippen molar-refractivity contribution in [3.05, 3.63) is 46.8 Å². The lowest BCUT2D eigenvalue weighted by molar-refractivity contribution is 0.174. The van der Waals surface area contributed by atoms with Crippen molar-refractivity contribution in [2.75, 3.05) is 0 Å². The van der Waals surface area contributed by atoms with Gasteiger partial charge in [0.05, 0.1) is 6.10 Å². The van der Waals surface area contributed by atoms with E-state index in [0.717, 1.165) is 0 Å². The molecule has 0 saturated heterocycles. The van der Waals surface area contributed by atoms with Crippen LogP contribution in [0.4, 0.5) is 4.39 Å². The zero-order valence-corrected chi connectivity index (χ0v) is 9.89. The molecule has 0 bridgehead atoms. The molecule has 1 heterocycles. The zero-order chi connectivity index (χ0) is 12.4. The lowest BCUT2D eigenvalue weighted by Gasteiger charge is -2.12. The van der Waals surface area contributed by atoms with Crippen LogP contribution in [0.15, 0.2) is 24.5 Å². The summed E-state index contributed by atoms with van der Waals surface area (Å²) in [4.78, 5) is 4.00. The highest BCUT2D eigenvalue weighted by atomic mass is 35.5. The summed E-state index contributed by atoms with van der Waals surface area (Å²) < 4.78 is 14.4. The Hall–Kier alpha value is -1.46. The normalized spacial score (nSPS) is 12.7. The minimum Gasteiger partial charge on any atom is -0.388 e. The lowest BCUT2D eigenvalue weighted by atomic mass is 10.1. The quantitative estimate of drug-likeness (QED) is 0.911. The number of halogens is 2. The predicted octanol–water partition coefficient (Wildman–Crippen LogP) is 1.88. The van der Waals surface area contributed by atoms with Gasteiger partial charge in [-0.25, -0.2) is 9.37 Å². The van der Waals surface area contributed by atoms with Crippen LogP contribution in [0.1, 0.15) is 17.5 Å². The number of hydrogen-bond donors (Lipinski definition) is 1. The van der Waals surface area contributed by atoms with Crippen molar-refractivity contribution in [2.24, 2.45) is 7.05 Å². The van der Waals surface area contributed by atoms with Crippen molar-refractivity contribution in [3.8, 4) is 0 Å². The summed E-state index contributed by atoms with van der Waals surface area (Å²) in [6.07, 6.45) is 0.863. The average Bonchev–Trinajstić information content (AvgIpc) is 2.64. The van der Waals surface area contributed by atoms with Crippen LogP contribution in [-0.2, 0) is 13.5 Å². The summed E-state index contributed by atoms with van der Waals surface area (Å²) >= 11 is 5.86. The maximum Gasteiger partial charge on any atom is 0.138 e. The molecular formula is C11H11ClFN3O. The molecule has 0 radical (unpaired) electrons. The monoisotopic (exact) mass is 255 g/mol. The molecule has 1 N–H and O–H groups in total. The van der Waals surface area contributed by atoms with Gasteiger partial charge in [0.25, 0.3) is 0 Å². The lowest BCUT2D eigenvalue weighted by Crippen LogP contribution is -2.08. The first-order valence-corrected chi connectivity index (χ1v) is 5.41. The van der Waals surface area contributed by atoms with Gasteiger partial charge in [0.15, 0.2) is 0 Å². The van der Waals surface area contributed by atoms with Crippen LogP contribution in [0.25, 0.3) is 0 Å². The number of aliphatic hydroxyl groups excluding tert-OH is 1. The fraction of sp³-hybridized carbons (Fsp3) is 0.273. The Balaban J connectivity index is 2.20. The van der Waals surface area contributed by atoms with E-state index in [1.165, 1.54) is 24.5 Å². The first kappa shape index (κ1) is 12.0. The summed E-state index contributed by atoms with van der Waals surface area (Å²) in [6.45, 7) is 0. The molecule has 0 spiro atoms. The summed E-state index contributed by atoms with van der Waals surface area (Å²) in [6, 6.07) is 3.91. The van der Waals surface area contributed by atoms with Crippen LogP contribution in [0.2, 0.25) is 5.02 Å². The molecule has 6 heteroatoms. The number of aryl methyl sites for hydroxylation is 1. The molecule has 0 aliphatic carbocycles. The smallest absolute Gasteiger partial charge is 0.138 e. The van der Waals surface area contributed by atoms with Gasteiger partial charge in [-0.15, -0.1) is 0 Å². The van der Waals surface area contributed by atoms with Gasteiger partial charge in [0, 0.05) is 18.5 Å². The van der Waals surface area contributed by atoms with Crippen LogP contribution < -0.4 is 0 Å². The van der Waals surface area contributed by atoms with E-state index in [-0.39, 0.29) is 11.4 Å². The van der Waals surface area contributed by atoms with Crippen molar-refractivity contribution in [2.45, 2.75) is 12.5 Å². The Morgan fingerprint density at radius 1 is 1.53 bits per heavy atom. The van der Waals surface area contributed by atoms with Crippen molar-refractivity contribution in [1.29, 1.82) is 0 Å². The minimum absolute atomic E-state index is 0.208. The SMILES string of the molecule is Cn1ncnc1CC(O)c1ccc(F)cc1Cl. The van der Waals surface area contributed by atoms with Crippen molar-refractivity contribution < 1.29 is 9.50 Å². The Bertz CT molecular complexity index is 529. The van der Waals surface area contributed by atoms with Crippen LogP contribution in [0.3, 0.4) is 0 Å². The molecule has 1 aromatic carbocycles. The molecule has 0 fully saturated rings. The van der Waals surface area contributed by atoms with Gasteiger partial charge < -0.3 is 5.11 Å². The van der Waals surface area contributed by atoms with Crippen molar-refractivity contribution in [1.82, 2.24) is 14.8 Å². The fourth-order valence-corrected chi connectivity index (χ4v) is 1.85. The minimum atomic E-state index is -0.828. The van der Waals surface area contributed by atoms with E-state index in [4.69, 9.17) is 11.6 Å². The zero-order valence-electron chi connectivity index (χ0n) is 9.14. The van der Waals surface area contributed by atoms with Gasteiger partial charge in [0.2, 0.25) is 0 Å². The van der Waals surface area contributed by atoms with E-state index in [2.05, 4.69) is 10.1 Å². The number of nitrogens with zero attached hydrogens (tertiary/aromatic N) is 3. The highest BCUT2D eigenvalue weighted by molar-refractivity contribution is 6.31. The predicted molar refractivity (Wildman–Crippen MR) is 61.1 cm³/mol. The summed E-state index contributed by atoms with van der Waals surface area (Å²) in [5, 5.41) is 14.1. The van der Waals surface area contributed by atoms with Gasteiger partial charge in [0.1, 0.15) is 18.0 Å². The number of aliphatic hydroxyl groups is 1. The van der Waals surface area contributed by atoms with E-state index in [1.807, 2.05) is 0 Å². The highest BCUT2D eigenvalue weighted by Crippen LogP contribution is 2.25. The van der Waals surface area contributed by atoms with Gasteiger partial charge >= 0.3 is 0 Å². The number of aromatic nitrogens is 3. The summed E-state index contributed by atoms with van der Waals surface area (Å²) in [7, 11) is 1.74. The maximum atomic E-state index is 12.9. The fourth-order valence-electron chi connectivity index (χ4n) is 1.56. The van der Waals surface area contributed by atoms with E-state index < -0.39 is 11.9 Å². The van der Waals surface area contributed by atoms with Crippen LogP contribution in [0.5, 0.6) is 0 Å². The van der Waals surface area contributed by atoms with E-state index in [9.17, 15) is 9.50 Å². The van der Waals surface area contributed by atoms with Crippen LogP contribution in [-0.4, -0.2) is 19.9 Å². The third kappa shape index (κ3) is 2.62. The number of benzene rings is 1. The van der Waals surface area contributed by atoms with Crippen LogP contribution >= 0.6 is 11.6 Å². The Labute approximate surface area is 103 Å². The molecule has 0 amide bonds. The molecule has 1 aromatic heterocycles. The molecule has 17 heavy (non-hydrogen) atoms. The molecule has 0 aliphatic rings. The molecule has 90 valence electrons. The molecule has 0 aliphatic heterocycles. The first-order valence-electron chi connectivity index (χ1n) is 5.04. The molecule has 2 aromatic rings. The summed E-state index contributed by atoms with van der Waals surface area (Å²) in [5.74, 6) is 0.211. The Morgan fingerprint density at radius 3 is 2.88 bits per heavy atom. The van der Waals surface area contributed by atoms with Gasteiger partial charge in [-0.2, -0.15) is 5.10 Å². The second kappa shape index (κ2) is 4.81. The van der Waals surface area contributed by atoms with E-state index in [0.29, 0.717) is 11.4 Å². The molecular weight excluding hydrogens is 245 g/mol. The molecule has 2 rings (SSSR count). The molecule has 1 unspecified atom stereocenters. The third-order valence-corrected chi connectivity index (χ3v) is 2.83. The maximum absolute atomic E-state index is 12.9. The largest absolute Gasteiger partial charge is 0.388 e. The highest BCUT2D eigenvalue weighted by Gasteiger charge is 2.15. The third-order valence-electron chi connectivity index (χ3n) is 2.50.